The summed E-state index contributed by atoms with van der Waals surface area (Å²) in [6.07, 6.45) is 0. The maximum atomic E-state index is 12.8. The summed E-state index contributed by atoms with van der Waals surface area (Å²) in [6.45, 7) is 8.08. The first kappa shape index (κ1) is 22.3. The summed E-state index contributed by atoms with van der Waals surface area (Å²) >= 11 is 6.12. The Balaban J connectivity index is 1.49. The van der Waals surface area contributed by atoms with Crippen molar-refractivity contribution in [3.63, 3.8) is 0 Å². The summed E-state index contributed by atoms with van der Waals surface area (Å²) in [5.41, 5.74) is 2.46. The van der Waals surface area contributed by atoms with Crippen molar-refractivity contribution >= 4 is 34.2 Å². The van der Waals surface area contributed by atoms with Gasteiger partial charge in [-0.25, -0.2) is 9.78 Å². The van der Waals surface area contributed by atoms with Crippen molar-refractivity contribution in [2.24, 2.45) is 7.05 Å². The molecule has 2 heterocycles. The number of urea groups is 1. The molecule has 1 aromatic heterocycles. The Morgan fingerprint density at radius 3 is 2.59 bits per heavy atom. The summed E-state index contributed by atoms with van der Waals surface area (Å²) in [7, 11) is 1.75. The number of carbonyl (C=O) groups is 1. The van der Waals surface area contributed by atoms with Crippen LogP contribution in [-0.2, 0) is 7.05 Å². The summed E-state index contributed by atoms with van der Waals surface area (Å²) in [6, 6.07) is 12.8. The van der Waals surface area contributed by atoms with E-state index in [1.165, 1.54) is 0 Å². The molecule has 0 radical (unpaired) electrons. The van der Waals surface area contributed by atoms with Crippen LogP contribution in [0.25, 0.3) is 10.9 Å². The second-order valence-electron chi connectivity index (χ2n) is 8.51. The highest BCUT2D eigenvalue weighted by Gasteiger charge is 2.31. The van der Waals surface area contributed by atoms with Gasteiger partial charge in [-0.05, 0) is 51.1 Å². The minimum absolute atomic E-state index is 0.0172. The highest BCUT2D eigenvalue weighted by molar-refractivity contribution is 6.31. The second-order valence-corrected chi connectivity index (χ2v) is 8.94. The fraction of sp³-hybridized carbons (Fsp3) is 0.375. The SMILES string of the molecule is Cc1ccc(NC(=O)N2CCN(C(C)c3nc4cc(Cl)ccc4c(=O)n3C)CC2C)cc1. The van der Waals surface area contributed by atoms with E-state index in [4.69, 9.17) is 16.6 Å². The molecule has 1 aliphatic rings. The third kappa shape index (κ3) is 4.36. The van der Waals surface area contributed by atoms with Gasteiger partial charge in [-0.3, -0.25) is 14.3 Å². The number of nitrogens with zero attached hydrogens (tertiary/aromatic N) is 4. The number of halogens is 1. The van der Waals surface area contributed by atoms with E-state index in [1.54, 1.807) is 29.8 Å². The van der Waals surface area contributed by atoms with Gasteiger partial charge < -0.3 is 10.2 Å². The van der Waals surface area contributed by atoms with E-state index >= 15 is 0 Å². The Morgan fingerprint density at radius 1 is 1.19 bits per heavy atom. The molecule has 0 aliphatic carbocycles. The summed E-state index contributed by atoms with van der Waals surface area (Å²) in [4.78, 5) is 34.5. The van der Waals surface area contributed by atoms with Crippen LogP contribution in [0.1, 0.15) is 31.3 Å². The first-order chi connectivity index (χ1) is 15.2. The lowest BCUT2D eigenvalue weighted by molar-refractivity contribution is 0.0796. The number of aromatic nitrogens is 2. The van der Waals surface area contributed by atoms with Crippen molar-refractivity contribution in [3.05, 3.63) is 69.2 Å². The molecule has 1 fully saturated rings. The molecule has 2 atom stereocenters. The van der Waals surface area contributed by atoms with Crippen molar-refractivity contribution in [2.45, 2.75) is 32.9 Å². The van der Waals surface area contributed by atoms with Crippen LogP contribution in [0.2, 0.25) is 5.02 Å². The Hall–Kier alpha value is -2.90. The molecule has 2 amide bonds. The summed E-state index contributed by atoms with van der Waals surface area (Å²) in [5, 5.41) is 4.09. The number of anilines is 1. The summed E-state index contributed by atoms with van der Waals surface area (Å²) in [5.74, 6) is 0.689. The van der Waals surface area contributed by atoms with Gasteiger partial charge in [0, 0.05) is 43.4 Å². The smallest absolute Gasteiger partial charge is 0.319 e. The monoisotopic (exact) mass is 453 g/mol. The maximum absolute atomic E-state index is 12.8. The zero-order valence-electron chi connectivity index (χ0n) is 18.8. The molecule has 7 nitrogen and oxygen atoms in total. The van der Waals surface area contributed by atoms with Gasteiger partial charge in [-0.1, -0.05) is 29.3 Å². The quantitative estimate of drug-likeness (QED) is 0.645. The number of hydrogen-bond acceptors (Lipinski definition) is 4. The molecule has 2 unspecified atom stereocenters. The maximum Gasteiger partial charge on any atom is 0.322 e. The number of carbonyl (C=O) groups excluding carboxylic acids is 1. The van der Waals surface area contributed by atoms with E-state index in [9.17, 15) is 9.59 Å². The number of hydrogen-bond donors (Lipinski definition) is 1. The molecule has 0 saturated carbocycles. The van der Waals surface area contributed by atoms with Gasteiger partial charge in [0.05, 0.1) is 16.9 Å². The van der Waals surface area contributed by atoms with Crippen LogP contribution in [0, 0.1) is 6.92 Å². The normalized spacial score (nSPS) is 18.0. The molecule has 8 heteroatoms. The molecule has 1 aliphatic heterocycles. The zero-order chi connectivity index (χ0) is 23.0. The van der Waals surface area contributed by atoms with Gasteiger partial charge in [0.2, 0.25) is 0 Å². The number of nitrogens with one attached hydrogen (secondary N) is 1. The predicted octanol–water partition coefficient (Wildman–Crippen LogP) is 4.19. The molecule has 0 spiro atoms. The van der Waals surface area contributed by atoms with E-state index in [2.05, 4.69) is 10.2 Å². The second kappa shape index (κ2) is 8.92. The van der Waals surface area contributed by atoms with E-state index in [-0.39, 0.29) is 23.7 Å². The summed E-state index contributed by atoms with van der Waals surface area (Å²) < 4.78 is 1.61. The molecule has 1 N–H and O–H groups in total. The third-order valence-corrected chi connectivity index (χ3v) is 6.45. The van der Waals surface area contributed by atoms with E-state index in [0.717, 1.165) is 11.3 Å². The van der Waals surface area contributed by atoms with E-state index in [0.29, 0.717) is 41.4 Å². The Kier molecular flexibility index (Phi) is 6.22. The number of fused-ring (bicyclic) bond motifs is 1. The molecule has 2 aromatic carbocycles. The molecule has 1 saturated heterocycles. The molecule has 4 rings (SSSR count). The molecular weight excluding hydrogens is 426 g/mol. The van der Waals surface area contributed by atoms with Crippen molar-refractivity contribution in [3.8, 4) is 0 Å². The largest absolute Gasteiger partial charge is 0.322 e. The molecule has 32 heavy (non-hydrogen) atoms. The van der Waals surface area contributed by atoms with Crippen molar-refractivity contribution < 1.29 is 4.79 Å². The van der Waals surface area contributed by atoms with Crippen LogP contribution in [0.4, 0.5) is 10.5 Å². The number of aryl methyl sites for hydroxylation is 1. The Bertz CT molecular complexity index is 1210. The average molecular weight is 454 g/mol. The number of benzene rings is 2. The van der Waals surface area contributed by atoms with E-state index in [1.807, 2.05) is 49.9 Å². The van der Waals surface area contributed by atoms with Gasteiger partial charge in [0.25, 0.3) is 5.56 Å². The number of rotatable bonds is 3. The van der Waals surface area contributed by atoms with Gasteiger partial charge in [-0.2, -0.15) is 0 Å². The highest BCUT2D eigenvalue weighted by Crippen LogP contribution is 2.24. The molecule has 168 valence electrons. The topological polar surface area (TPSA) is 70.5 Å². The highest BCUT2D eigenvalue weighted by atomic mass is 35.5. The minimum Gasteiger partial charge on any atom is -0.319 e. The van der Waals surface area contributed by atoms with E-state index < -0.39 is 0 Å². The minimum atomic E-state index is -0.0977. The fourth-order valence-corrected chi connectivity index (χ4v) is 4.44. The molecule has 3 aromatic rings. The van der Waals surface area contributed by atoms with Crippen molar-refractivity contribution in [1.29, 1.82) is 0 Å². The first-order valence-electron chi connectivity index (χ1n) is 10.8. The number of amides is 2. The lowest BCUT2D eigenvalue weighted by atomic mass is 10.1. The van der Waals surface area contributed by atoms with Gasteiger partial charge >= 0.3 is 6.03 Å². The van der Waals surface area contributed by atoms with Crippen LogP contribution in [0.5, 0.6) is 0 Å². The van der Waals surface area contributed by atoms with Gasteiger partial charge in [0.15, 0.2) is 0 Å². The molecule has 0 bridgehead atoms. The van der Waals surface area contributed by atoms with Gasteiger partial charge in [0.1, 0.15) is 5.82 Å². The van der Waals surface area contributed by atoms with Crippen LogP contribution in [-0.4, -0.2) is 51.1 Å². The average Bonchev–Trinajstić information content (AvgIpc) is 2.77. The van der Waals surface area contributed by atoms with Crippen molar-refractivity contribution in [2.75, 3.05) is 25.0 Å². The lowest BCUT2D eigenvalue weighted by Gasteiger charge is -2.42. The first-order valence-corrected chi connectivity index (χ1v) is 11.2. The Labute approximate surface area is 192 Å². The standard InChI is InChI=1S/C24H28ClN5O2/c1-15-5-8-19(9-6-15)26-24(32)30-12-11-29(14-16(30)2)17(3)22-27-21-13-18(25)7-10-20(21)23(31)28(22)4/h5-10,13,16-17H,11-12,14H2,1-4H3,(H,26,32). The Morgan fingerprint density at radius 2 is 1.91 bits per heavy atom. The van der Waals surface area contributed by atoms with Gasteiger partial charge in [-0.15, -0.1) is 0 Å². The van der Waals surface area contributed by atoms with Crippen LogP contribution in [0.3, 0.4) is 0 Å². The molecular formula is C24H28ClN5O2. The van der Waals surface area contributed by atoms with Crippen LogP contribution < -0.4 is 10.9 Å². The van der Waals surface area contributed by atoms with Crippen LogP contribution >= 0.6 is 11.6 Å². The fourth-order valence-electron chi connectivity index (χ4n) is 4.27. The lowest BCUT2D eigenvalue weighted by Crippen LogP contribution is -2.55. The zero-order valence-corrected chi connectivity index (χ0v) is 19.6. The third-order valence-electron chi connectivity index (χ3n) is 6.22. The van der Waals surface area contributed by atoms with Crippen LogP contribution in [0.15, 0.2) is 47.3 Å². The predicted molar refractivity (Wildman–Crippen MR) is 128 cm³/mol. The van der Waals surface area contributed by atoms with Crippen molar-refractivity contribution in [1.82, 2.24) is 19.4 Å². The number of piperazine rings is 1.